The van der Waals surface area contributed by atoms with Crippen LogP contribution in [0.3, 0.4) is 0 Å². The molecule has 4 heteroatoms. The van der Waals surface area contributed by atoms with Gasteiger partial charge in [-0.1, -0.05) is 26.8 Å². The number of pyridine rings is 1. The highest BCUT2D eigenvalue weighted by molar-refractivity contribution is 5.35. The van der Waals surface area contributed by atoms with Crippen LogP contribution < -0.4 is 4.74 Å². The zero-order valence-electron chi connectivity index (χ0n) is 12.8. The minimum atomic E-state index is -0.436. The number of aliphatic hydroxyl groups excluding tert-OH is 1. The van der Waals surface area contributed by atoms with E-state index in [-0.39, 0.29) is 23.7 Å². The Hall–Kier alpha value is -1.94. The Morgan fingerprint density at radius 3 is 2.52 bits per heavy atom. The van der Waals surface area contributed by atoms with Gasteiger partial charge >= 0.3 is 0 Å². The molecule has 0 unspecified atom stereocenters. The number of benzene rings is 1. The van der Waals surface area contributed by atoms with E-state index in [0.29, 0.717) is 5.56 Å². The number of nitrogens with zero attached hydrogens (tertiary/aromatic N) is 1. The summed E-state index contributed by atoms with van der Waals surface area (Å²) >= 11 is 0. The van der Waals surface area contributed by atoms with Gasteiger partial charge in [-0.05, 0) is 36.2 Å². The highest BCUT2D eigenvalue weighted by Gasteiger charge is 2.18. The first-order valence-corrected chi connectivity index (χ1v) is 6.86. The van der Waals surface area contributed by atoms with E-state index in [4.69, 9.17) is 4.74 Å². The minimum absolute atomic E-state index is 0.113. The lowest BCUT2D eigenvalue weighted by Crippen LogP contribution is -2.14. The van der Waals surface area contributed by atoms with Crippen LogP contribution in [0.2, 0.25) is 0 Å². The summed E-state index contributed by atoms with van der Waals surface area (Å²) in [7, 11) is 0. The van der Waals surface area contributed by atoms with Crippen molar-refractivity contribution in [3.8, 4) is 11.6 Å². The van der Waals surface area contributed by atoms with Gasteiger partial charge in [0.1, 0.15) is 0 Å². The average molecular weight is 289 g/mol. The van der Waals surface area contributed by atoms with Gasteiger partial charge in [0.25, 0.3) is 0 Å². The van der Waals surface area contributed by atoms with Crippen molar-refractivity contribution < 1.29 is 14.2 Å². The number of halogens is 1. The van der Waals surface area contributed by atoms with E-state index in [0.717, 1.165) is 11.3 Å². The lowest BCUT2D eigenvalue weighted by Gasteiger charge is -2.19. The van der Waals surface area contributed by atoms with Crippen molar-refractivity contribution in [2.45, 2.75) is 39.7 Å². The fourth-order valence-electron chi connectivity index (χ4n) is 1.89. The van der Waals surface area contributed by atoms with Crippen molar-refractivity contribution in [2.24, 2.45) is 0 Å². The van der Waals surface area contributed by atoms with Crippen molar-refractivity contribution >= 4 is 0 Å². The van der Waals surface area contributed by atoms with Crippen LogP contribution in [-0.4, -0.2) is 10.1 Å². The summed E-state index contributed by atoms with van der Waals surface area (Å²) < 4.78 is 19.3. The van der Waals surface area contributed by atoms with E-state index in [2.05, 4.69) is 4.98 Å². The predicted octanol–water partition coefficient (Wildman–Crippen LogP) is 4.11. The Bertz CT molecular complexity index is 648. The molecule has 0 atom stereocenters. The molecule has 1 heterocycles. The van der Waals surface area contributed by atoms with Crippen LogP contribution in [0.4, 0.5) is 4.39 Å². The lowest BCUT2D eigenvalue weighted by molar-refractivity contribution is 0.280. The molecule has 0 aliphatic carbocycles. The number of aliphatic hydroxyl groups is 1. The third-order valence-corrected chi connectivity index (χ3v) is 3.11. The molecular weight excluding hydrogens is 269 g/mol. The third-order valence-electron chi connectivity index (χ3n) is 3.11. The SMILES string of the molecule is Cc1ccc(F)c(Oc2cc(CO)cc(C(C)(C)C)n2)c1. The molecule has 0 saturated carbocycles. The second-order valence-corrected chi connectivity index (χ2v) is 6.14. The number of rotatable bonds is 3. The lowest BCUT2D eigenvalue weighted by atomic mass is 9.91. The molecule has 1 N–H and O–H groups in total. The first-order chi connectivity index (χ1) is 9.79. The summed E-state index contributed by atoms with van der Waals surface area (Å²) in [4.78, 5) is 4.42. The fourth-order valence-corrected chi connectivity index (χ4v) is 1.89. The topological polar surface area (TPSA) is 42.4 Å². The maximum Gasteiger partial charge on any atom is 0.219 e. The van der Waals surface area contributed by atoms with E-state index in [1.54, 1.807) is 18.2 Å². The standard InChI is InChI=1S/C17H20FNO2/c1-11-5-6-13(18)14(7-11)21-16-9-12(10-20)8-15(19-16)17(2,3)4/h5-9,20H,10H2,1-4H3. The van der Waals surface area contributed by atoms with Gasteiger partial charge in [0, 0.05) is 11.5 Å². The zero-order valence-corrected chi connectivity index (χ0v) is 12.8. The van der Waals surface area contributed by atoms with Crippen molar-refractivity contribution in [3.63, 3.8) is 0 Å². The Labute approximate surface area is 124 Å². The molecule has 0 saturated heterocycles. The van der Waals surface area contributed by atoms with Crippen LogP contribution in [0.15, 0.2) is 30.3 Å². The Kier molecular flexibility index (Phi) is 4.28. The molecular formula is C17H20FNO2. The number of aromatic nitrogens is 1. The molecule has 0 radical (unpaired) electrons. The van der Waals surface area contributed by atoms with Gasteiger partial charge in [-0.15, -0.1) is 0 Å². The molecule has 0 spiro atoms. The van der Waals surface area contributed by atoms with Crippen LogP contribution >= 0.6 is 0 Å². The molecule has 1 aromatic carbocycles. The normalized spacial score (nSPS) is 11.5. The third kappa shape index (κ3) is 3.79. The summed E-state index contributed by atoms with van der Waals surface area (Å²) in [6.45, 7) is 7.82. The number of aryl methyl sites for hydroxylation is 1. The summed E-state index contributed by atoms with van der Waals surface area (Å²) in [5, 5.41) is 9.36. The Balaban J connectivity index is 2.42. The first kappa shape index (κ1) is 15.4. The number of ether oxygens (including phenoxy) is 1. The molecule has 0 aliphatic heterocycles. The van der Waals surface area contributed by atoms with E-state index in [1.165, 1.54) is 6.07 Å². The van der Waals surface area contributed by atoms with Crippen LogP contribution in [0.5, 0.6) is 11.6 Å². The van der Waals surface area contributed by atoms with Gasteiger partial charge < -0.3 is 9.84 Å². The first-order valence-electron chi connectivity index (χ1n) is 6.86. The second kappa shape index (κ2) is 5.82. The molecule has 3 nitrogen and oxygen atoms in total. The molecule has 2 rings (SSSR count). The smallest absolute Gasteiger partial charge is 0.219 e. The molecule has 0 bridgehead atoms. The van der Waals surface area contributed by atoms with Crippen molar-refractivity contribution in [1.29, 1.82) is 0 Å². The molecule has 0 amide bonds. The quantitative estimate of drug-likeness (QED) is 0.924. The maximum atomic E-state index is 13.8. The second-order valence-electron chi connectivity index (χ2n) is 6.14. The van der Waals surface area contributed by atoms with E-state index >= 15 is 0 Å². The van der Waals surface area contributed by atoms with Gasteiger partial charge in [0.15, 0.2) is 11.6 Å². The van der Waals surface area contributed by atoms with Crippen LogP contribution in [0, 0.1) is 12.7 Å². The predicted molar refractivity (Wildman–Crippen MR) is 80.1 cm³/mol. The molecule has 21 heavy (non-hydrogen) atoms. The molecule has 2 aromatic rings. The molecule has 0 fully saturated rings. The van der Waals surface area contributed by atoms with E-state index in [1.807, 2.05) is 33.8 Å². The Morgan fingerprint density at radius 1 is 1.19 bits per heavy atom. The zero-order chi connectivity index (χ0) is 15.6. The molecule has 112 valence electrons. The highest BCUT2D eigenvalue weighted by atomic mass is 19.1. The van der Waals surface area contributed by atoms with Crippen molar-refractivity contribution in [3.05, 3.63) is 53.0 Å². The van der Waals surface area contributed by atoms with Crippen LogP contribution in [0.25, 0.3) is 0 Å². The average Bonchev–Trinajstić information content (AvgIpc) is 2.41. The van der Waals surface area contributed by atoms with E-state index < -0.39 is 5.82 Å². The summed E-state index contributed by atoms with van der Waals surface area (Å²) in [6, 6.07) is 8.13. The largest absolute Gasteiger partial charge is 0.436 e. The summed E-state index contributed by atoms with van der Waals surface area (Å²) in [6.07, 6.45) is 0. The van der Waals surface area contributed by atoms with Crippen LogP contribution in [0.1, 0.15) is 37.6 Å². The fraction of sp³-hybridized carbons (Fsp3) is 0.353. The number of hydrogen-bond donors (Lipinski definition) is 1. The van der Waals surface area contributed by atoms with Gasteiger partial charge in [0.05, 0.1) is 12.3 Å². The monoisotopic (exact) mass is 289 g/mol. The van der Waals surface area contributed by atoms with Gasteiger partial charge in [-0.2, -0.15) is 0 Å². The molecule has 1 aromatic heterocycles. The van der Waals surface area contributed by atoms with Crippen molar-refractivity contribution in [2.75, 3.05) is 0 Å². The van der Waals surface area contributed by atoms with Gasteiger partial charge in [-0.3, -0.25) is 0 Å². The highest BCUT2D eigenvalue weighted by Crippen LogP contribution is 2.28. The molecule has 0 aliphatic rings. The van der Waals surface area contributed by atoms with Crippen molar-refractivity contribution in [1.82, 2.24) is 4.98 Å². The summed E-state index contributed by atoms with van der Waals surface area (Å²) in [5.41, 5.74) is 2.20. The van der Waals surface area contributed by atoms with Gasteiger partial charge in [-0.25, -0.2) is 9.37 Å². The van der Waals surface area contributed by atoms with Gasteiger partial charge in [0.2, 0.25) is 5.88 Å². The maximum absolute atomic E-state index is 13.8. The Morgan fingerprint density at radius 2 is 1.90 bits per heavy atom. The summed E-state index contributed by atoms with van der Waals surface area (Å²) in [5.74, 6) is -0.0115. The minimum Gasteiger partial charge on any atom is -0.436 e. The van der Waals surface area contributed by atoms with Crippen LogP contribution in [-0.2, 0) is 12.0 Å². The van der Waals surface area contributed by atoms with E-state index in [9.17, 15) is 9.50 Å². The number of hydrogen-bond acceptors (Lipinski definition) is 3.